The van der Waals surface area contributed by atoms with Crippen molar-refractivity contribution in [3.8, 4) is 0 Å². The minimum Gasteiger partial charge on any atom is -0.385 e. The van der Waals surface area contributed by atoms with Crippen LogP contribution in [-0.2, 0) is 9.53 Å². The quantitative estimate of drug-likeness (QED) is 0.205. The molecule has 0 heterocycles. The normalized spacial score (nSPS) is 11.0. The van der Waals surface area contributed by atoms with Gasteiger partial charge in [0.05, 0.1) is 6.54 Å². The predicted octanol–water partition coefficient (Wildman–Crippen LogP) is 1.52. The van der Waals surface area contributed by atoms with Crippen molar-refractivity contribution in [3.63, 3.8) is 0 Å². The van der Waals surface area contributed by atoms with Gasteiger partial charge in [0.15, 0.2) is 5.96 Å². The second-order valence-electron chi connectivity index (χ2n) is 5.56. The molecule has 7 nitrogen and oxygen atoms in total. The maximum atomic E-state index is 12.8. The number of carbonyl (C=O) groups is 1. The number of nitrogens with zero attached hydrogens (tertiary/aromatic N) is 2. The van der Waals surface area contributed by atoms with Crippen molar-refractivity contribution in [2.75, 3.05) is 59.3 Å². The van der Waals surface area contributed by atoms with Crippen LogP contribution in [-0.4, -0.2) is 70.8 Å². The number of nitrogens with one attached hydrogen (secondary N) is 3. The molecule has 1 aromatic rings. The maximum Gasteiger partial charge on any atom is 0.243 e. The number of methoxy groups -OCH3 is 1. The van der Waals surface area contributed by atoms with E-state index in [9.17, 15) is 9.18 Å². The van der Waals surface area contributed by atoms with E-state index in [1.54, 1.807) is 14.2 Å². The van der Waals surface area contributed by atoms with E-state index in [-0.39, 0.29) is 42.2 Å². The van der Waals surface area contributed by atoms with Crippen molar-refractivity contribution in [2.24, 2.45) is 4.99 Å². The maximum absolute atomic E-state index is 12.8. The van der Waals surface area contributed by atoms with Gasteiger partial charge in [-0.25, -0.2) is 4.39 Å². The van der Waals surface area contributed by atoms with Crippen LogP contribution in [0.15, 0.2) is 29.3 Å². The lowest BCUT2D eigenvalue weighted by molar-refractivity contribution is -0.115. The van der Waals surface area contributed by atoms with Crippen LogP contribution in [0.4, 0.5) is 10.1 Å². The molecule has 0 aliphatic rings. The predicted molar refractivity (Wildman–Crippen MR) is 114 cm³/mol. The van der Waals surface area contributed by atoms with Gasteiger partial charge in [0.1, 0.15) is 5.82 Å². The number of halogens is 2. The Labute approximate surface area is 171 Å². The molecular formula is C17H29FIN5O2. The van der Waals surface area contributed by atoms with Crippen molar-refractivity contribution in [3.05, 3.63) is 30.1 Å². The third-order valence-electron chi connectivity index (χ3n) is 3.44. The van der Waals surface area contributed by atoms with Crippen LogP contribution in [0, 0.1) is 5.82 Å². The Morgan fingerprint density at radius 3 is 2.54 bits per heavy atom. The zero-order valence-corrected chi connectivity index (χ0v) is 17.9. The smallest absolute Gasteiger partial charge is 0.243 e. The van der Waals surface area contributed by atoms with E-state index in [1.165, 1.54) is 24.3 Å². The van der Waals surface area contributed by atoms with E-state index >= 15 is 0 Å². The SMILES string of the molecule is CN=C(NCCN(C)CCCOC)NCC(=O)Nc1ccc(F)cc1.I. The molecule has 1 amide bonds. The highest BCUT2D eigenvalue weighted by molar-refractivity contribution is 14.0. The molecule has 0 aliphatic heterocycles. The van der Waals surface area contributed by atoms with Crippen molar-refractivity contribution in [1.82, 2.24) is 15.5 Å². The van der Waals surface area contributed by atoms with E-state index in [0.717, 1.165) is 26.1 Å². The molecule has 1 rings (SSSR count). The number of aliphatic imine (C=N–C) groups is 1. The average molecular weight is 481 g/mol. The summed E-state index contributed by atoms with van der Waals surface area (Å²) in [7, 11) is 5.39. The van der Waals surface area contributed by atoms with Crippen LogP contribution in [0.2, 0.25) is 0 Å². The first-order valence-electron chi connectivity index (χ1n) is 8.22. The zero-order chi connectivity index (χ0) is 18.5. The first-order chi connectivity index (χ1) is 12.0. The molecule has 0 saturated carbocycles. The Kier molecular flexibility index (Phi) is 13.9. The van der Waals surface area contributed by atoms with Crippen molar-refractivity contribution in [1.29, 1.82) is 0 Å². The van der Waals surface area contributed by atoms with Gasteiger partial charge < -0.3 is 25.6 Å². The second kappa shape index (κ2) is 14.7. The third-order valence-corrected chi connectivity index (χ3v) is 3.44. The van der Waals surface area contributed by atoms with Crippen molar-refractivity contribution in [2.45, 2.75) is 6.42 Å². The Balaban J connectivity index is 0.00000625. The van der Waals surface area contributed by atoms with Crippen LogP contribution in [0.5, 0.6) is 0 Å². The lowest BCUT2D eigenvalue weighted by atomic mass is 10.3. The fourth-order valence-electron chi connectivity index (χ4n) is 2.08. The summed E-state index contributed by atoms with van der Waals surface area (Å²) in [4.78, 5) is 18.1. The van der Waals surface area contributed by atoms with Crippen molar-refractivity contribution >= 4 is 41.5 Å². The molecule has 0 bridgehead atoms. The summed E-state index contributed by atoms with van der Waals surface area (Å²) in [5, 5.41) is 8.78. The van der Waals surface area contributed by atoms with E-state index in [2.05, 4.69) is 25.8 Å². The molecule has 0 fully saturated rings. The number of carbonyl (C=O) groups excluding carboxylic acids is 1. The molecule has 0 unspecified atom stereocenters. The van der Waals surface area contributed by atoms with Gasteiger partial charge in [-0.2, -0.15) is 0 Å². The number of guanidine groups is 1. The Hall–Kier alpha value is -1.46. The van der Waals surface area contributed by atoms with Gasteiger partial charge in [0.25, 0.3) is 0 Å². The second-order valence-corrected chi connectivity index (χ2v) is 5.56. The van der Waals surface area contributed by atoms with E-state index in [0.29, 0.717) is 18.2 Å². The average Bonchev–Trinajstić information content (AvgIpc) is 2.60. The fourth-order valence-corrected chi connectivity index (χ4v) is 2.08. The molecule has 3 N–H and O–H groups in total. The summed E-state index contributed by atoms with van der Waals surface area (Å²) in [6.45, 7) is 3.35. The van der Waals surface area contributed by atoms with E-state index in [4.69, 9.17) is 4.74 Å². The molecule has 148 valence electrons. The van der Waals surface area contributed by atoms with Gasteiger partial charge >= 0.3 is 0 Å². The number of rotatable bonds is 10. The third kappa shape index (κ3) is 11.2. The zero-order valence-electron chi connectivity index (χ0n) is 15.5. The summed E-state index contributed by atoms with van der Waals surface area (Å²) in [5.74, 6) is -0.0151. The molecule has 0 atom stereocenters. The molecule has 0 saturated heterocycles. The number of hydrogen-bond donors (Lipinski definition) is 3. The van der Waals surface area contributed by atoms with Crippen molar-refractivity contribution < 1.29 is 13.9 Å². The summed E-state index contributed by atoms with van der Waals surface area (Å²) < 4.78 is 17.9. The Morgan fingerprint density at radius 2 is 1.92 bits per heavy atom. The molecule has 0 spiro atoms. The number of hydrogen-bond acceptors (Lipinski definition) is 4. The molecule has 1 aromatic carbocycles. The fraction of sp³-hybridized carbons (Fsp3) is 0.529. The minimum atomic E-state index is -0.340. The summed E-state index contributed by atoms with van der Waals surface area (Å²) in [6.07, 6.45) is 0.990. The van der Waals surface area contributed by atoms with E-state index in [1.807, 2.05) is 7.05 Å². The van der Waals surface area contributed by atoms with E-state index < -0.39 is 0 Å². The molecule has 0 aliphatic carbocycles. The van der Waals surface area contributed by atoms with Crippen LogP contribution >= 0.6 is 24.0 Å². The molecule has 0 aromatic heterocycles. The minimum absolute atomic E-state index is 0. The number of amides is 1. The molecular weight excluding hydrogens is 452 g/mol. The lowest BCUT2D eigenvalue weighted by Crippen LogP contribution is -2.43. The number of likely N-dealkylation sites (N-methyl/N-ethyl adjacent to an activating group) is 1. The highest BCUT2D eigenvalue weighted by Crippen LogP contribution is 2.07. The van der Waals surface area contributed by atoms with Crippen LogP contribution in [0.1, 0.15) is 6.42 Å². The van der Waals surface area contributed by atoms with Gasteiger partial charge in [-0.1, -0.05) is 0 Å². The van der Waals surface area contributed by atoms with Gasteiger partial charge in [0, 0.05) is 46.1 Å². The van der Waals surface area contributed by atoms with Crippen LogP contribution in [0.25, 0.3) is 0 Å². The van der Waals surface area contributed by atoms with Gasteiger partial charge in [-0.15, -0.1) is 24.0 Å². The van der Waals surface area contributed by atoms with Gasteiger partial charge in [0.2, 0.25) is 5.91 Å². The Morgan fingerprint density at radius 1 is 1.23 bits per heavy atom. The molecule has 9 heteroatoms. The first kappa shape index (κ1) is 24.5. The van der Waals surface area contributed by atoms with Gasteiger partial charge in [-0.05, 0) is 37.7 Å². The number of benzene rings is 1. The number of anilines is 1. The summed E-state index contributed by atoms with van der Waals surface area (Å²) in [5.41, 5.74) is 0.550. The highest BCUT2D eigenvalue weighted by atomic mass is 127. The van der Waals surface area contributed by atoms with Crippen LogP contribution in [0.3, 0.4) is 0 Å². The summed E-state index contributed by atoms with van der Waals surface area (Å²) >= 11 is 0. The number of ether oxygens (including phenoxy) is 1. The van der Waals surface area contributed by atoms with Gasteiger partial charge in [-0.3, -0.25) is 9.79 Å². The Bertz CT molecular complexity index is 542. The topological polar surface area (TPSA) is 78.0 Å². The molecule has 26 heavy (non-hydrogen) atoms. The standard InChI is InChI=1S/C17H28FN5O2.HI/c1-19-17(20-9-11-23(2)10-4-12-25-3)21-13-16(24)22-15-7-5-14(18)6-8-15;/h5-8H,4,9-13H2,1-3H3,(H,22,24)(H2,19,20,21);1H. The monoisotopic (exact) mass is 481 g/mol. The molecule has 0 radical (unpaired) electrons. The largest absolute Gasteiger partial charge is 0.385 e. The lowest BCUT2D eigenvalue weighted by Gasteiger charge is -2.18. The summed E-state index contributed by atoms with van der Waals surface area (Å²) in [6, 6.07) is 5.62. The highest BCUT2D eigenvalue weighted by Gasteiger charge is 2.05. The first-order valence-corrected chi connectivity index (χ1v) is 8.22. The van der Waals surface area contributed by atoms with Crippen LogP contribution < -0.4 is 16.0 Å².